The summed E-state index contributed by atoms with van der Waals surface area (Å²) in [6.45, 7) is 6.67. The maximum absolute atomic E-state index is 4.58. The number of piperidine rings is 1. The largest absolute Gasteiger partial charge is 0.316 e. The number of nitrogens with zero attached hydrogens (tertiary/aromatic N) is 1. The van der Waals surface area contributed by atoms with Gasteiger partial charge in [-0.1, -0.05) is 19.9 Å². The number of aromatic nitrogens is 1. The molecule has 15 heavy (non-hydrogen) atoms. The normalized spacial score (nSPS) is 21.9. The Morgan fingerprint density at radius 2 is 2.27 bits per heavy atom. The molecule has 0 bridgehead atoms. The molecular formula is C13H20N2. The Labute approximate surface area is 92.1 Å². The zero-order chi connectivity index (χ0) is 10.7. The first kappa shape index (κ1) is 10.6. The van der Waals surface area contributed by atoms with Crippen LogP contribution in [0.25, 0.3) is 0 Å². The lowest BCUT2D eigenvalue weighted by Crippen LogP contribution is -2.28. The third-order valence-electron chi connectivity index (χ3n) is 3.19. The fraction of sp³-hybridized carbons (Fsp3) is 0.615. The van der Waals surface area contributed by atoms with Crippen molar-refractivity contribution < 1.29 is 0 Å². The smallest absolute Gasteiger partial charge is 0.0447 e. The highest BCUT2D eigenvalue weighted by Gasteiger charge is 2.16. The zero-order valence-corrected chi connectivity index (χ0v) is 9.66. The molecule has 1 aliphatic heterocycles. The van der Waals surface area contributed by atoms with Crippen molar-refractivity contribution in [2.24, 2.45) is 0 Å². The van der Waals surface area contributed by atoms with Gasteiger partial charge in [-0.25, -0.2) is 0 Å². The Hall–Kier alpha value is -0.890. The van der Waals surface area contributed by atoms with E-state index in [1.165, 1.54) is 30.6 Å². The van der Waals surface area contributed by atoms with E-state index in [1.54, 1.807) is 0 Å². The highest BCUT2D eigenvalue weighted by molar-refractivity contribution is 5.19. The first-order chi connectivity index (χ1) is 7.27. The molecule has 1 atom stereocenters. The van der Waals surface area contributed by atoms with Crippen LogP contribution in [0.1, 0.15) is 49.8 Å². The van der Waals surface area contributed by atoms with Crippen molar-refractivity contribution in [3.8, 4) is 0 Å². The Bertz CT molecular complexity index is 297. The predicted molar refractivity (Wildman–Crippen MR) is 63.2 cm³/mol. The molecule has 1 aromatic rings. The minimum Gasteiger partial charge on any atom is -0.316 e. The van der Waals surface area contributed by atoms with Gasteiger partial charge >= 0.3 is 0 Å². The molecule has 2 rings (SSSR count). The van der Waals surface area contributed by atoms with E-state index < -0.39 is 0 Å². The van der Waals surface area contributed by atoms with Crippen LogP contribution in [0.15, 0.2) is 18.3 Å². The van der Waals surface area contributed by atoms with Gasteiger partial charge in [-0.2, -0.15) is 0 Å². The summed E-state index contributed by atoms with van der Waals surface area (Å²) in [5.74, 6) is 1.20. The lowest BCUT2D eigenvalue weighted by Gasteiger charge is -2.22. The van der Waals surface area contributed by atoms with E-state index in [0.717, 1.165) is 6.54 Å². The summed E-state index contributed by atoms with van der Waals surface area (Å²) < 4.78 is 0. The molecule has 2 heteroatoms. The molecule has 0 aromatic carbocycles. The van der Waals surface area contributed by atoms with Crippen molar-refractivity contribution in [3.05, 3.63) is 29.6 Å². The Morgan fingerprint density at radius 3 is 2.80 bits per heavy atom. The number of hydrogen-bond acceptors (Lipinski definition) is 2. The summed E-state index contributed by atoms with van der Waals surface area (Å²) in [6.07, 6.45) is 4.59. The van der Waals surface area contributed by atoms with Gasteiger partial charge in [-0.15, -0.1) is 0 Å². The van der Waals surface area contributed by atoms with Crippen LogP contribution in [-0.4, -0.2) is 18.1 Å². The maximum atomic E-state index is 4.58. The number of rotatable bonds is 2. The van der Waals surface area contributed by atoms with E-state index >= 15 is 0 Å². The van der Waals surface area contributed by atoms with Crippen LogP contribution in [0, 0.1) is 0 Å². The fourth-order valence-corrected chi connectivity index (χ4v) is 2.10. The van der Waals surface area contributed by atoms with Crippen LogP contribution in [-0.2, 0) is 0 Å². The average molecular weight is 204 g/mol. The van der Waals surface area contributed by atoms with Crippen molar-refractivity contribution in [3.63, 3.8) is 0 Å². The van der Waals surface area contributed by atoms with Gasteiger partial charge in [0.15, 0.2) is 0 Å². The van der Waals surface area contributed by atoms with E-state index in [0.29, 0.717) is 11.8 Å². The number of nitrogens with one attached hydrogen (secondary N) is 1. The number of pyridine rings is 1. The minimum atomic E-state index is 0.580. The van der Waals surface area contributed by atoms with E-state index in [9.17, 15) is 0 Å². The molecule has 0 radical (unpaired) electrons. The van der Waals surface area contributed by atoms with Gasteiger partial charge in [0.25, 0.3) is 0 Å². The second kappa shape index (κ2) is 4.75. The third-order valence-corrected chi connectivity index (χ3v) is 3.19. The van der Waals surface area contributed by atoms with Crippen molar-refractivity contribution in [1.82, 2.24) is 10.3 Å². The summed E-state index contributed by atoms with van der Waals surface area (Å²) in [6, 6.07) is 4.43. The van der Waals surface area contributed by atoms with E-state index in [1.807, 2.05) is 6.20 Å². The van der Waals surface area contributed by atoms with Gasteiger partial charge in [-0.05, 0) is 36.9 Å². The molecule has 1 aliphatic rings. The first-order valence-corrected chi connectivity index (χ1v) is 5.94. The van der Waals surface area contributed by atoms with Gasteiger partial charge < -0.3 is 5.32 Å². The Balaban J connectivity index is 2.08. The maximum Gasteiger partial charge on any atom is 0.0447 e. The van der Waals surface area contributed by atoms with Crippen LogP contribution in [0.5, 0.6) is 0 Å². The SMILES string of the molecule is CC(C)c1ccc(C2CCCNC2)nc1. The minimum absolute atomic E-state index is 0.580. The van der Waals surface area contributed by atoms with Crippen molar-refractivity contribution >= 4 is 0 Å². The van der Waals surface area contributed by atoms with Gasteiger partial charge in [-0.3, -0.25) is 4.98 Å². The molecule has 2 nitrogen and oxygen atoms in total. The second-order valence-electron chi connectivity index (χ2n) is 4.71. The van der Waals surface area contributed by atoms with Crippen molar-refractivity contribution in [2.75, 3.05) is 13.1 Å². The molecule has 1 N–H and O–H groups in total. The summed E-state index contributed by atoms with van der Waals surface area (Å²) in [5, 5.41) is 3.43. The summed E-state index contributed by atoms with van der Waals surface area (Å²) in [4.78, 5) is 4.58. The standard InChI is InChI=1S/C13H20N2/c1-10(2)11-5-6-13(15-9-11)12-4-3-7-14-8-12/h5-6,9-10,12,14H,3-4,7-8H2,1-2H3. The monoisotopic (exact) mass is 204 g/mol. The Kier molecular flexibility index (Phi) is 3.37. The molecule has 82 valence electrons. The van der Waals surface area contributed by atoms with Gasteiger partial charge in [0, 0.05) is 24.4 Å². The lowest BCUT2D eigenvalue weighted by atomic mass is 9.95. The molecule has 1 unspecified atom stereocenters. The predicted octanol–water partition coefficient (Wildman–Crippen LogP) is 2.67. The van der Waals surface area contributed by atoms with Crippen LogP contribution in [0.2, 0.25) is 0 Å². The molecule has 0 saturated carbocycles. The Morgan fingerprint density at radius 1 is 1.40 bits per heavy atom. The summed E-state index contributed by atoms with van der Waals surface area (Å²) in [7, 11) is 0. The average Bonchev–Trinajstić information content (AvgIpc) is 2.30. The molecule has 1 saturated heterocycles. The fourth-order valence-electron chi connectivity index (χ4n) is 2.10. The van der Waals surface area contributed by atoms with Crippen LogP contribution in [0.4, 0.5) is 0 Å². The summed E-state index contributed by atoms with van der Waals surface area (Å²) >= 11 is 0. The molecule has 1 aromatic heterocycles. The van der Waals surface area contributed by atoms with Crippen LogP contribution >= 0.6 is 0 Å². The molecule has 0 spiro atoms. The third kappa shape index (κ3) is 2.57. The van der Waals surface area contributed by atoms with Crippen LogP contribution in [0.3, 0.4) is 0 Å². The molecule has 0 amide bonds. The number of hydrogen-bond donors (Lipinski definition) is 1. The molecule has 2 heterocycles. The van der Waals surface area contributed by atoms with Crippen molar-refractivity contribution in [1.29, 1.82) is 0 Å². The van der Waals surface area contributed by atoms with E-state index in [4.69, 9.17) is 0 Å². The lowest BCUT2D eigenvalue weighted by molar-refractivity contribution is 0.454. The first-order valence-electron chi connectivity index (χ1n) is 5.94. The van der Waals surface area contributed by atoms with Crippen molar-refractivity contribution in [2.45, 2.75) is 38.5 Å². The van der Waals surface area contributed by atoms with Crippen LogP contribution < -0.4 is 5.32 Å². The highest BCUT2D eigenvalue weighted by Crippen LogP contribution is 2.22. The van der Waals surface area contributed by atoms with E-state index in [2.05, 4.69) is 36.3 Å². The van der Waals surface area contributed by atoms with Gasteiger partial charge in [0.2, 0.25) is 0 Å². The highest BCUT2D eigenvalue weighted by atomic mass is 14.9. The summed E-state index contributed by atoms with van der Waals surface area (Å²) in [5.41, 5.74) is 2.59. The zero-order valence-electron chi connectivity index (χ0n) is 9.66. The van der Waals surface area contributed by atoms with Gasteiger partial charge in [0.05, 0.1) is 0 Å². The molecule has 1 fully saturated rings. The second-order valence-corrected chi connectivity index (χ2v) is 4.71. The van der Waals surface area contributed by atoms with E-state index in [-0.39, 0.29) is 0 Å². The quantitative estimate of drug-likeness (QED) is 0.801. The molecular weight excluding hydrogens is 184 g/mol. The van der Waals surface area contributed by atoms with Gasteiger partial charge in [0.1, 0.15) is 0 Å². The molecule has 0 aliphatic carbocycles. The topological polar surface area (TPSA) is 24.9 Å².